The fourth-order valence-corrected chi connectivity index (χ4v) is 4.52. The topological polar surface area (TPSA) is 55.4 Å². The lowest BCUT2D eigenvalue weighted by molar-refractivity contribution is 0.0951. The molecule has 0 aliphatic heterocycles. The lowest BCUT2D eigenvalue weighted by atomic mass is 10.0. The van der Waals surface area contributed by atoms with Crippen molar-refractivity contribution in [3.63, 3.8) is 0 Å². The van der Waals surface area contributed by atoms with Gasteiger partial charge in [0.1, 0.15) is 0 Å². The van der Waals surface area contributed by atoms with Crippen molar-refractivity contribution in [2.45, 2.75) is 117 Å². The number of unbranched alkanes of at least 4 members (excludes halogenated alkanes) is 15. The standard InChI is InChI=1S/C27H44INO3/c1-3-4-5-6-7-8-9-10-11-12-13-14-15-16-17-18-22-29-27(31)25-21-19-20-24(23(2)30)26(25)32-28/h19-21H,3-18,22H2,1-2H3,(H,29,31). The van der Waals surface area contributed by atoms with Gasteiger partial charge in [0.2, 0.25) is 0 Å². The Morgan fingerprint density at radius 2 is 1.19 bits per heavy atom. The predicted octanol–water partition coefficient (Wildman–Crippen LogP) is 8.61. The summed E-state index contributed by atoms with van der Waals surface area (Å²) in [4.78, 5) is 24.2. The molecule has 4 nitrogen and oxygen atoms in total. The summed E-state index contributed by atoms with van der Waals surface area (Å²) < 4.78 is 5.28. The fraction of sp³-hybridized carbons (Fsp3) is 0.704. The number of para-hydroxylation sites is 1. The number of benzene rings is 1. The van der Waals surface area contributed by atoms with E-state index >= 15 is 0 Å². The van der Waals surface area contributed by atoms with Crippen LogP contribution >= 0.6 is 23.0 Å². The van der Waals surface area contributed by atoms with Gasteiger partial charge in [-0.3, -0.25) is 9.59 Å². The first kappa shape index (κ1) is 28.9. The molecule has 32 heavy (non-hydrogen) atoms. The number of nitrogens with one attached hydrogen (secondary N) is 1. The minimum atomic E-state index is -0.180. The van der Waals surface area contributed by atoms with Crippen LogP contribution in [0.2, 0.25) is 0 Å². The third-order valence-electron chi connectivity index (χ3n) is 6.03. The number of hydrogen-bond donors (Lipinski definition) is 1. The Morgan fingerprint density at radius 1 is 0.750 bits per heavy atom. The van der Waals surface area contributed by atoms with Crippen molar-refractivity contribution in [2.24, 2.45) is 0 Å². The number of carbonyl (C=O) groups excluding carboxylic acids is 2. The minimum Gasteiger partial charge on any atom is -0.426 e. The quantitative estimate of drug-likeness (QED) is 0.0992. The van der Waals surface area contributed by atoms with Crippen LogP contribution in [0, 0.1) is 0 Å². The Balaban J connectivity index is 1.99. The van der Waals surface area contributed by atoms with Crippen LogP contribution in [-0.2, 0) is 0 Å². The van der Waals surface area contributed by atoms with Crippen molar-refractivity contribution in [2.75, 3.05) is 6.54 Å². The average Bonchev–Trinajstić information content (AvgIpc) is 2.80. The molecule has 182 valence electrons. The predicted molar refractivity (Wildman–Crippen MR) is 143 cm³/mol. The summed E-state index contributed by atoms with van der Waals surface area (Å²) in [5, 5.41) is 2.96. The summed E-state index contributed by atoms with van der Waals surface area (Å²) in [6.45, 7) is 4.41. The van der Waals surface area contributed by atoms with Gasteiger partial charge >= 0.3 is 0 Å². The number of Topliss-reactive ketones (excluding diaryl/α,β-unsaturated/α-hetero) is 1. The lowest BCUT2D eigenvalue weighted by Gasteiger charge is -2.11. The maximum absolute atomic E-state index is 12.5. The largest absolute Gasteiger partial charge is 0.426 e. The smallest absolute Gasteiger partial charge is 0.255 e. The normalized spacial score (nSPS) is 10.8. The van der Waals surface area contributed by atoms with Crippen LogP contribution in [0.15, 0.2) is 18.2 Å². The number of halogens is 1. The van der Waals surface area contributed by atoms with E-state index in [0.29, 0.717) is 23.4 Å². The van der Waals surface area contributed by atoms with Gasteiger partial charge in [-0.15, -0.1) is 0 Å². The van der Waals surface area contributed by atoms with Gasteiger partial charge in [-0.05, 0) is 25.5 Å². The average molecular weight is 558 g/mol. The molecule has 0 fully saturated rings. The van der Waals surface area contributed by atoms with E-state index in [0.717, 1.165) is 12.8 Å². The minimum absolute atomic E-state index is 0.107. The summed E-state index contributed by atoms with van der Waals surface area (Å²) in [5.41, 5.74) is 0.859. The molecule has 1 N–H and O–H groups in total. The molecule has 0 spiro atoms. The van der Waals surface area contributed by atoms with Crippen LogP contribution < -0.4 is 8.38 Å². The van der Waals surface area contributed by atoms with Crippen LogP contribution in [0.25, 0.3) is 0 Å². The zero-order valence-electron chi connectivity index (χ0n) is 20.4. The molecule has 5 heteroatoms. The fourth-order valence-electron chi connectivity index (χ4n) is 4.05. The number of amides is 1. The van der Waals surface area contributed by atoms with E-state index in [9.17, 15) is 9.59 Å². The first-order valence-electron chi connectivity index (χ1n) is 12.8. The van der Waals surface area contributed by atoms with Crippen LogP contribution in [0.4, 0.5) is 0 Å². The number of rotatable bonds is 20. The second-order valence-corrected chi connectivity index (χ2v) is 9.32. The maximum atomic E-state index is 12.5. The van der Waals surface area contributed by atoms with E-state index in [-0.39, 0.29) is 11.7 Å². The van der Waals surface area contributed by atoms with E-state index in [2.05, 4.69) is 12.2 Å². The summed E-state index contributed by atoms with van der Waals surface area (Å²) in [5.74, 6) is 0.0647. The molecule has 0 saturated heterocycles. The van der Waals surface area contributed by atoms with E-state index in [1.165, 1.54) is 96.8 Å². The van der Waals surface area contributed by atoms with E-state index in [1.807, 2.05) is 0 Å². The molecule has 0 atom stereocenters. The number of ketones is 1. The lowest BCUT2D eigenvalue weighted by Crippen LogP contribution is -2.25. The highest BCUT2D eigenvalue weighted by Gasteiger charge is 2.18. The van der Waals surface area contributed by atoms with Gasteiger partial charge < -0.3 is 8.38 Å². The van der Waals surface area contributed by atoms with Gasteiger partial charge in [-0.2, -0.15) is 0 Å². The summed E-state index contributed by atoms with van der Waals surface area (Å²) in [6, 6.07) is 5.10. The third kappa shape index (κ3) is 12.8. The molecule has 0 saturated carbocycles. The summed E-state index contributed by atoms with van der Waals surface area (Å²) in [6.07, 6.45) is 21.4. The van der Waals surface area contributed by atoms with E-state index in [1.54, 1.807) is 41.2 Å². The number of carbonyl (C=O) groups is 2. The Hall–Kier alpha value is -1.11. The van der Waals surface area contributed by atoms with Crippen molar-refractivity contribution >= 4 is 34.7 Å². The molecule has 0 aliphatic carbocycles. The maximum Gasteiger partial charge on any atom is 0.255 e. The molecule has 0 aliphatic rings. The Labute approximate surface area is 210 Å². The number of hydrogen-bond acceptors (Lipinski definition) is 3. The third-order valence-corrected chi connectivity index (χ3v) is 6.47. The molecular formula is C27H44INO3. The zero-order valence-corrected chi connectivity index (χ0v) is 22.5. The van der Waals surface area contributed by atoms with Crippen molar-refractivity contribution in [1.29, 1.82) is 0 Å². The highest BCUT2D eigenvalue weighted by atomic mass is 127. The van der Waals surface area contributed by atoms with Gasteiger partial charge in [0.25, 0.3) is 5.91 Å². The molecule has 1 rings (SSSR count). The van der Waals surface area contributed by atoms with Gasteiger partial charge in [-0.1, -0.05) is 109 Å². The first-order valence-corrected chi connectivity index (χ1v) is 13.7. The van der Waals surface area contributed by atoms with Gasteiger partial charge in [-0.25, -0.2) is 0 Å². The molecule has 0 heterocycles. The summed E-state index contributed by atoms with van der Waals surface area (Å²) >= 11 is 1.72. The second-order valence-electron chi connectivity index (χ2n) is 8.87. The molecule has 0 radical (unpaired) electrons. The SMILES string of the molecule is CCCCCCCCCCCCCCCCCCNC(=O)c1cccc(C(C)=O)c1OI. The van der Waals surface area contributed by atoms with Crippen LogP contribution in [-0.4, -0.2) is 18.2 Å². The monoisotopic (exact) mass is 557 g/mol. The van der Waals surface area contributed by atoms with Crippen molar-refractivity contribution in [3.8, 4) is 5.75 Å². The molecule has 1 aromatic rings. The van der Waals surface area contributed by atoms with Gasteiger partial charge in [0.15, 0.2) is 34.5 Å². The van der Waals surface area contributed by atoms with Crippen LogP contribution in [0.1, 0.15) is 137 Å². The zero-order chi connectivity index (χ0) is 23.4. The Bertz CT molecular complexity index is 648. The molecule has 0 bridgehead atoms. The van der Waals surface area contributed by atoms with Crippen molar-refractivity contribution in [1.82, 2.24) is 5.32 Å². The van der Waals surface area contributed by atoms with Gasteiger partial charge in [0.05, 0.1) is 11.1 Å². The van der Waals surface area contributed by atoms with Crippen molar-refractivity contribution < 1.29 is 12.7 Å². The molecule has 1 amide bonds. The molecule has 0 unspecified atom stereocenters. The van der Waals surface area contributed by atoms with Crippen molar-refractivity contribution in [3.05, 3.63) is 29.3 Å². The highest BCUT2D eigenvalue weighted by Crippen LogP contribution is 2.26. The summed E-state index contributed by atoms with van der Waals surface area (Å²) in [7, 11) is 0. The first-order chi connectivity index (χ1) is 15.6. The molecule has 0 aromatic heterocycles. The molecular weight excluding hydrogens is 513 g/mol. The Kier molecular flexibility index (Phi) is 17.5. The van der Waals surface area contributed by atoms with E-state index in [4.69, 9.17) is 3.07 Å². The second kappa shape index (κ2) is 19.4. The highest BCUT2D eigenvalue weighted by molar-refractivity contribution is 14.1. The van der Waals surface area contributed by atoms with Crippen LogP contribution in [0.5, 0.6) is 5.75 Å². The molecule has 1 aromatic carbocycles. The van der Waals surface area contributed by atoms with Crippen LogP contribution in [0.3, 0.4) is 0 Å². The Morgan fingerprint density at radius 3 is 1.62 bits per heavy atom. The van der Waals surface area contributed by atoms with Gasteiger partial charge in [0, 0.05) is 6.54 Å². The van der Waals surface area contributed by atoms with E-state index < -0.39 is 0 Å².